The van der Waals surface area contributed by atoms with Gasteiger partial charge in [0.25, 0.3) is 0 Å². The Kier molecular flexibility index (Phi) is 2.79. The molecule has 0 amide bonds. The van der Waals surface area contributed by atoms with Gasteiger partial charge < -0.3 is 5.32 Å². The van der Waals surface area contributed by atoms with E-state index in [1.54, 1.807) is 12.1 Å². The first-order valence-corrected chi connectivity index (χ1v) is 7.31. The summed E-state index contributed by atoms with van der Waals surface area (Å²) in [4.78, 5) is 0. The maximum absolute atomic E-state index is 13.2. The van der Waals surface area contributed by atoms with E-state index in [-0.39, 0.29) is 12.0 Å². The van der Waals surface area contributed by atoms with Gasteiger partial charge in [-0.2, -0.15) is 5.10 Å². The molecule has 1 N–H and O–H groups in total. The number of rotatable bonds is 1. The Bertz CT molecular complexity index is 849. The molecular formula is C18H16FN3. The summed E-state index contributed by atoms with van der Waals surface area (Å²) in [6, 6.07) is 15.0. The second-order valence-corrected chi connectivity index (χ2v) is 5.76. The predicted octanol–water partition coefficient (Wildman–Crippen LogP) is 4.28. The molecule has 2 heterocycles. The van der Waals surface area contributed by atoms with Crippen LogP contribution in [0.25, 0.3) is 11.3 Å². The quantitative estimate of drug-likeness (QED) is 0.726. The van der Waals surface area contributed by atoms with Crippen LogP contribution in [-0.2, 0) is 0 Å². The molecule has 1 aliphatic rings. The fourth-order valence-electron chi connectivity index (χ4n) is 2.99. The molecule has 0 saturated heterocycles. The summed E-state index contributed by atoms with van der Waals surface area (Å²) in [5.41, 5.74) is 6.48. The van der Waals surface area contributed by atoms with Crippen molar-refractivity contribution in [3.63, 3.8) is 0 Å². The van der Waals surface area contributed by atoms with Crippen molar-refractivity contribution in [3.8, 4) is 11.3 Å². The standard InChI is InChI=1S/C18H16FN3/c1-11-3-8-16-15(9-11)17-10-12(2)21-22(17)18(20-16)13-4-6-14(19)7-5-13/h3-10,18,20H,1-2H3. The SMILES string of the molecule is Cc1ccc2c(c1)-c1cc(C)nn1C(c1ccc(F)cc1)N2. The molecule has 0 saturated carbocycles. The van der Waals surface area contributed by atoms with E-state index < -0.39 is 0 Å². The number of anilines is 1. The number of hydrogen-bond acceptors (Lipinski definition) is 2. The second-order valence-electron chi connectivity index (χ2n) is 5.76. The van der Waals surface area contributed by atoms with Gasteiger partial charge in [0.05, 0.1) is 11.4 Å². The zero-order valence-corrected chi connectivity index (χ0v) is 12.5. The van der Waals surface area contributed by atoms with E-state index >= 15 is 0 Å². The predicted molar refractivity (Wildman–Crippen MR) is 85.3 cm³/mol. The lowest BCUT2D eigenvalue weighted by Gasteiger charge is -2.29. The largest absolute Gasteiger partial charge is 0.359 e. The average Bonchev–Trinajstić information content (AvgIpc) is 2.89. The van der Waals surface area contributed by atoms with Crippen LogP contribution < -0.4 is 5.32 Å². The third-order valence-electron chi connectivity index (χ3n) is 4.03. The molecule has 0 bridgehead atoms. The lowest BCUT2D eigenvalue weighted by molar-refractivity contribution is 0.568. The van der Waals surface area contributed by atoms with Crippen LogP contribution in [0.4, 0.5) is 10.1 Å². The van der Waals surface area contributed by atoms with E-state index in [9.17, 15) is 4.39 Å². The van der Waals surface area contributed by atoms with Gasteiger partial charge in [-0.3, -0.25) is 0 Å². The van der Waals surface area contributed by atoms with Crippen LogP contribution >= 0.6 is 0 Å². The zero-order valence-electron chi connectivity index (χ0n) is 12.5. The molecule has 3 aromatic rings. The van der Waals surface area contributed by atoms with Gasteiger partial charge in [0, 0.05) is 11.3 Å². The number of benzene rings is 2. The molecule has 4 rings (SSSR count). The number of aryl methyl sites for hydroxylation is 2. The highest BCUT2D eigenvalue weighted by Crippen LogP contribution is 2.38. The molecule has 1 aromatic heterocycles. The first-order valence-electron chi connectivity index (χ1n) is 7.31. The summed E-state index contributed by atoms with van der Waals surface area (Å²) < 4.78 is 15.2. The van der Waals surface area contributed by atoms with Crippen LogP contribution in [-0.4, -0.2) is 9.78 Å². The molecule has 1 unspecified atom stereocenters. The fourth-order valence-corrected chi connectivity index (χ4v) is 2.99. The van der Waals surface area contributed by atoms with E-state index in [0.29, 0.717) is 0 Å². The minimum atomic E-state index is -0.229. The van der Waals surface area contributed by atoms with Crippen LogP contribution in [0.5, 0.6) is 0 Å². The second kappa shape index (κ2) is 4.70. The monoisotopic (exact) mass is 293 g/mol. The van der Waals surface area contributed by atoms with Crippen molar-refractivity contribution in [1.82, 2.24) is 9.78 Å². The third kappa shape index (κ3) is 1.99. The number of aromatic nitrogens is 2. The smallest absolute Gasteiger partial charge is 0.147 e. The summed E-state index contributed by atoms with van der Waals surface area (Å²) in [6.45, 7) is 4.07. The van der Waals surface area contributed by atoms with Gasteiger partial charge in [-0.15, -0.1) is 0 Å². The summed E-state index contributed by atoms with van der Waals surface area (Å²) in [5.74, 6) is -0.229. The molecule has 110 valence electrons. The topological polar surface area (TPSA) is 29.9 Å². The van der Waals surface area contributed by atoms with Crippen LogP contribution in [0.3, 0.4) is 0 Å². The molecule has 1 atom stereocenters. The van der Waals surface area contributed by atoms with Crippen LogP contribution in [0.15, 0.2) is 48.5 Å². The van der Waals surface area contributed by atoms with Crippen molar-refractivity contribution in [1.29, 1.82) is 0 Å². The van der Waals surface area contributed by atoms with Gasteiger partial charge in [-0.1, -0.05) is 23.8 Å². The van der Waals surface area contributed by atoms with E-state index in [1.165, 1.54) is 17.7 Å². The number of hydrogen-bond donors (Lipinski definition) is 1. The Labute approximate surface area is 128 Å². The van der Waals surface area contributed by atoms with Gasteiger partial charge in [0.15, 0.2) is 0 Å². The van der Waals surface area contributed by atoms with Crippen LogP contribution in [0, 0.1) is 19.7 Å². The summed E-state index contributed by atoms with van der Waals surface area (Å²) in [6.07, 6.45) is -0.125. The molecular weight excluding hydrogens is 277 g/mol. The highest BCUT2D eigenvalue weighted by molar-refractivity contribution is 5.79. The summed E-state index contributed by atoms with van der Waals surface area (Å²) in [7, 11) is 0. The molecule has 4 heteroatoms. The average molecular weight is 293 g/mol. The van der Waals surface area contributed by atoms with Gasteiger partial charge in [0.1, 0.15) is 12.0 Å². The molecule has 2 aromatic carbocycles. The molecule has 0 radical (unpaired) electrons. The van der Waals surface area contributed by atoms with Crippen molar-refractivity contribution in [2.45, 2.75) is 20.0 Å². The van der Waals surface area contributed by atoms with Gasteiger partial charge >= 0.3 is 0 Å². The number of nitrogens with one attached hydrogen (secondary N) is 1. The third-order valence-corrected chi connectivity index (χ3v) is 4.03. The van der Waals surface area contributed by atoms with Gasteiger partial charge in [0.2, 0.25) is 0 Å². The number of fused-ring (bicyclic) bond motifs is 3. The molecule has 0 spiro atoms. The normalized spacial score (nSPS) is 15.9. The van der Waals surface area contributed by atoms with Crippen molar-refractivity contribution >= 4 is 5.69 Å². The highest BCUT2D eigenvalue weighted by atomic mass is 19.1. The highest BCUT2D eigenvalue weighted by Gasteiger charge is 2.26. The van der Waals surface area contributed by atoms with E-state index in [2.05, 4.69) is 41.6 Å². The van der Waals surface area contributed by atoms with Crippen LogP contribution in [0.1, 0.15) is 23.0 Å². The number of halogens is 1. The number of nitrogens with zero attached hydrogens (tertiary/aromatic N) is 2. The molecule has 1 aliphatic heterocycles. The van der Waals surface area contributed by atoms with Crippen LogP contribution in [0.2, 0.25) is 0 Å². The van der Waals surface area contributed by atoms with E-state index in [0.717, 1.165) is 28.2 Å². The maximum Gasteiger partial charge on any atom is 0.147 e. The van der Waals surface area contributed by atoms with Gasteiger partial charge in [-0.05, 0) is 49.7 Å². The van der Waals surface area contributed by atoms with Crippen molar-refractivity contribution in [3.05, 3.63) is 71.2 Å². The molecule has 0 fully saturated rings. The van der Waals surface area contributed by atoms with E-state index in [4.69, 9.17) is 0 Å². The molecule has 3 nitrogen and oxygen atoms in total. The fraction of sp³-hybridized carbons (Fsp3) is 0.167. The van der Waals surface area contributed by atoms with Gasteiger partial charge in [-0.25, -0.2) is 9.07 Å². The minimum Gasteiger partial charge on any atom is -0.359 e. The van der Waals surface area contributed by atoms with Crippen molar-refractivity contribution in [2.75, 3.05) is 5.32 Å². The molecule has 22 heavy (non-hydrogen) atoms. The Morgan fingerprint density at radius 1 is 1.05 bits per heavy atom. The first-order chi connectivity index (χ1) is 10.6. The Hall–Kier alpha value is -2.62. The van der Waals surface area contributed by atoms with Crippen molar-refractivity contribution in [2.24, 2.45) is 0 Å². The zero-order chi connectivity index (χ0) is 15.3. The maximum atomic E-state index is 13.2. The minimum absolute atomic E-state index is 0.125. The lowest BCUT2D eigenvalue weighted by Crippen LogP contribution is -2.25. The Balaban J connectivity index is 1.90. The summed E-state index contributed by atoms with van der Waals surface area (Å²) >= 11 is 0. The molecule has 0 aliphatic carbocycles. The lowest BCUT2D eigenvalue weighted by atomic mass is 10.0. The van der Waals surface area contributed by atoms with E-state index in [1.807, 2.05) is 11.6 Å². The van der Waals surface area contributed by atoms with Crippen molar-refractivity contribution < 1.29 is 4.39 Å². The Morgan fingerprint density at radius 3 is 2.59 bits per heavy atom. The first kappa shape index (κ1) is 13.1. The summed E-state index contributed by atoms with van der Waals surface area (Å²) in [5, 5.41) is 8.13. The Morgan fingerprint density at radius 2 is 1.82 bits per heavy atom.